The predicted molar refractivity (Wildman–Crippen MR) is 47.7 cm³/mol. The number of rotatable bonds is 2. The molecule has 5 heteroatoms. The molecule has 0 saturated carbocycles. The number of hydrogen-bond acceptors (Lipinski definition) is 3. The third-order valence-corrected chi connectivity index (χ3v) is 1.52. The van der Waals surface area contributed by atoms with Gasteiger partial charge in [0.05, 0.1) is 4.92 Å². The highest BCUT2D eigenvalue weighted by Crippen LogP contribution is 1.96. The van der Waals surface area contributed by atoms with Crippen molar-refractivity contribution in [2.24, 2.45) is 7.05 Å². The van der Waals surface area contributed by atoms with Gasteiger partial charge in [-0.3, -0.25) is 14.9 Å². The first-order chi connectivity index (χ1) is 6.09. The van der Waals surface area contributed by atoms with Crippen LogP contribution in [0.15, 0.2) is 29.3 Å². The first-order valence-corrected chi connectivity index (χ1v) is 3.58. The Labute approximate surface area is 74.1 Å². The van der Waals surface area contributed by atoms with Gasteiger partial charge in [0, 0.05) is 25.4 Å². The summed E-state index contributed by atoms with van der Waals surface area (Å²) in [6, 6.07) is 2.96. The van der Waals surface area contributed by atoms with E-state index >= 15 is 0 Å². The average molecular weight is 180 g/mol. The average Bonchev–Trinajstić information content (AvgIpc) is 2.07. The van der Waals surface area contributed by atoms with E-state index in [-0.39, 0.29) is 5.56 Å². The summed E-state index contributed by atoms with van der Waals surface area (Å²) >= 11 is 0. The Morgan fingerprint density at radius 2 is 2.31 bits per heavy atom. The second-order valence-electron chi connectivity index (χ2n) is 2.51. The maximum absolute atomic E-state index is 11.0. The zero-order valence-electron chi connectivity index (χ0n) is 7.01. The summed E-state index contributed by atoms with van der Waals surface area (Å²) < 4.78 is 1.39. The predicted octanol–water partition coefficient (Wildman–Crippen LogP) is 0.633. The van der Waals surface area contributed by atoms with Crippen LogP contribution in [0.1, 0.15) is 5.56 Å². The van der Waals surface area contributed by atoms with E-state index in [0.29, 0.717) is 5.56 Å². The van der Waals surface area contributed by atoms with Crippen LogP contribution in [0.25, 0.3) is 6.08 Å². The van der Waals surface area contributed by atoms with Crippen molar-refractivity contribution in [1.29, 1.82) is 0 Å². The fraction of sp³-hybridized carbons (Fsp3) is 0.125. The molecule has 0 radical (unpaired) electrons. The van der Waals surface area contributed by atoms with Crippen molar-refractivity contribution in [3.8, 4) is 0 Å². The normalized spacial score (nSPS) is 10.5. The number of aryl methyl sites for hydroxylation is 1. The minimum absolute atomic E-state index is 0.189. The Morgan fingerprint density at radius 3 is 2.85 bits per heavy atom. The molecule has 5 nitrogen and oxygen atoms in total. The Hall–Kier alpha value is -1.91. The minimum Gasteiger partial charge on any atom is -0.319 e. The van der Waals surface area contributed by atoms with E-state index in [1.807, 2.05) is 0 Å². The second-order valence-corrected chi connectivity index (χ2v) is 2.51. The van der Waals surface area contributed by atoms with E-state index in [1.165, 1.54) is 16.7 Å². The van der Waals surface area contributed by atoms with Gasteiger partial charge < -0.3 is 4.57 Å². The molecule has 1 heterocycles. The zero-order valence-corrected chi connectivity index (χ0v) is 7.01. The van der Waals surface area contributed by atoms with E-state index in [2.05, 4.69) is 0 Å². The molecule has 0 aliphatic carbocycles. The fourth-order valence-electron chi connectivity index (χ4n) is 0.814. The first-order valence-electron chi connectivity index (χ1n) is 3.58. The SMILES string of the molecule is Cn1ccc(C=C[N+](=O)[O-])cc1=O. The van der Waals surface area contributed by atoms with E-state index < -0.39 is 4.92 Å². The first kappa shape index (κ1) is 9.18. The number of nitro groups is 1. The summed E-state index contributed by atoms with van der Waals surface area (Å²) in [5, 5.41) is 9.96. The van der Waals surface area contributed by atoms with Gasteiger partial charge in [-0.25, -0.2) is 0 Å². The molecule has 0 fully saturated rings. The van der Waals surface area contributed by atoms with Crippen LogP contribution in [0.3, 0.4) is 0 Å². The van der Waals surface area contributed by atoms with Gasteiger partial charge in [0.2, 0.25) is 6.20 Å². The molecule has 0 aliphatic rings. The van der Waals surface area contributed by atoms with Crippen LogP contribution in [0.5, 0.6) is 0 Å². The molecule has 0 bridgehead atoms. The molecule has 0 spiro atoms. The summed E-state index contributed by atoms with van der Waals surface area (Å²) in [5.74, 6) is 0. The maximum atomic E-state index is 11.0. The number of hydrogen-bond donors (Lipinski definition) is 0. The largest absolute Gasteiger partial charge is 0.319 e. The van der Waals surface area contributed by atoms with Gasteiger partial charge in [-0.15, -0.1) is 0 Å². The Balaban J connectivity index is 2.98. The quantitative estimate of drug-likeness (QED) is 0.495. The van der Waals surface area contributed by atoms with Gasteiger partial charge in [-0.2, -0.15) is 0 Å². The van der Waals surface area contributed by atoms with Crippen molar-refractivity contribution in [3.63, 3.8) is 0 Å². The lowest BCUT2D eigenvalue weighted by Crippen LogP contribution is -2.14. The van der Waals surface area contributed by atoms with Crippen LogP contribution in [0.2, 0.25) is 0 Å². The van der Waals surface area contributed by atoms with E-state index in [4.69, 9.17) is 0 Å². The van der Waals surface area contributed by atoms with Gasteiger partial charge in [-0.05, 0) is 11.6 Å². The van der Waals surface area contributed by atoms with Crippen molar-refractivity contribution < 1.29 is 4.92 Å². The van der Waals surface area contributed by atoms with Gasteiger partial charge in [0.1, 0.15) is 0 Å². The van der Waals surface area contributed by atoms with Gasteiger partial charge in [0.25, 0.3) is 5.56 Å². The highest BCUT2D eigenvalue weighted by Gasteiger charge is 1.93. The van der Waals surface area contributed by atoms with Crippen molar-refractivity contribution in [3.05, 3.63) is 50.6 Å². The van der Waals surface area contributed by atoms with E-state index in [1.54, 1.807) is 19.3 Å². The number of pyridine rings is 1. The molecular formula is C8H8N2O3. The lowest BCUT2D eigenvalue weighted by molar-refractivity contribution is -0.400. The van der Waals surface area contributed by atoms with Crippen LogP contribution < -0.4 is 5.56 Å². The Bertz CT molecular complexity index is 406. The number of aromatic nitrogens is 1. The van der Waals surface area contributed by atoms with Crippen LogP contribution in [0, 0.1) is 10.1 Å². The topological polar surface area (TPSA) is 65.1 Å². The monoisotopic (exact) mass is 180 g/mol. The van der Waals surface area contributed by atoms with Crippen LogP contribution in [-0.4, -0.2) is 9.49 Å². The van der Waals surface area contributed by atoms with E-state index in [0.717, 1.165) is 6.20 Å². The number of nitrogens with zero attached hydrogens (tertiary/aromatic N) is 2. The summed E-state index contributed by atoms with van der Waals surface area (Å²) in [4.78, 5) is 20.4. The van der Waals surface area contributed by atoms with Crippen molar-refractivity contribution in [1.82, 2.24) is 4.57 Å². The van der Waals surface area contributed by atoms with Crippen LogP contribution in [-0.2, 0) is 7.05 Å². The molecule has 0 N–H and O–H groups in total. The van der Waals surface area contributed by atoms with Crippen molar-refractivity contribution in [2.45, 2.75) is 0 Å². The third-order valence-electron chi connectivity index (χ3n) is 1.52. The molecule has 0 atom stereocenters. The Morgan fingerprint density at radius 1 is 1.62 bits per heavy atom. The molecular weight excluding hydrogens is 172 g/mol. The van der Waals surface area contributed by atoms with Crippen LogP contribution >= 0.6 is 0 Å². The molecule has 13 heavy (non-hydrogen) atoms. The lowest BCUT2D eigenvalue weighted by atomic mass is 10.2. The molecule has 1 aromatic heterocycles. The second kappa shape index (κ2) is 3.66. The molecule has 0 aliphatic heterocycles. The summed E-state index contributed by atoms with van der Waals surface area (Å²) in [7, 11) is 1.61. The van der Waals surface area contributed by atoms with Crippen molar-refractivity contribution in [2.75, 3.05) is 0 Å². The molecule has 0 amide bonds. The van der Waals surface area contributed by atoms with Gasteiger partial charge in [-0.1, -0.05) is 0 Å². The molecule has 0 aromatic carbocycles. The van der Waals surface area contributed by atoms with Gasteiger partial charge in [0.15, 0.2) is 0 Å². The van der Waals surface area contributed by atoms with Crippen LogP contribution in [0.4, 0.5) is 0 Å². The fourth-order valence-corrected chi connectivity index (χ4v) is 0.814. The smallest absolute Gasteiger partial charge is 0.250 e. The minimum atomic E-state index is -0.572. The summed E-state index contributed by atoms with van der Waals surface area (Å²) in [5.41, 5.74) is 0.338. The maximum Gasteiger partial charge on any atom is 0.250 e. The van der Waals surface area contributed by atoms with Gasteiger partial charge >= 0.3 is 0 Å². The highest BCUT2D eigenvalue weighted by atomic mass is 16.6. The summed E-state index contributed by atoms with van der Waals surface area (Å²) in [6.45, 7) is 0. The Kier molecular flexibility index (Phi) is 2.59. The molecule has 1 rings (SSSR count). The molecule has 0 unspecified atom stereocenters. The third kappa shape index (κ3) is 2.55. The molecule has 1 aromatic rings. The molecule has 0 saturated heterocycles. The lowest BCUT2D eigenvalue weighted by Gasteiger charge is -1.95. The van der Waals surface area contributed by atoms with Crippen molar-refractivity contribution >= 4 is 6.08 Å². The molecule has 68 valence electrons. The highest BCUT2D eigenvalue weighted by molar-refractivity contribution is 5.46. The zero-order chi connectivity index (χ0) is 9.84. The standard InChI is InChI=1S/C8H8N2O3/c1-9-4-2-7(6-8(9)11)3-5-10(12)13/h2-6H,1H3. The van der Waals surface area contributed by atoms with E-state index in [9.17, 15) is 14.9 Å². The summed E-state index contributed by atoms with van der Waals surface area (Å²) in [6.07, 6.45) is 3.64.